The van der Waals surface area contributed by atoms with Gasteiger partial charge in [0.25, 0.3) is 5.91 Å². The third-order valence-corrected chi connectivity index (χ3v) is 7.43. The molecule has 1 fully saturated rings. The molecule has 0 radical (unpaired) electrons. The van der Waals surface area contributed by atoms with E-state index in [-0.39, 0.29) is 12.5 Å². The Balaban J connectivity index is 1.44. The third-order valence-electron chi connectivity index (χ3n) is 6.03. The maximum absolute atomic E-state index is 13.1. The number of piperazine rings is 1. The summed E-state index contributed by atoms with van der Waals surface area (Å²) in [5, 5.41) is 0.589. The SMILES string of the molecule is COc1ccccc1N1CCN(C(=O)c2ccc(N(Cc3ccc(Cl)cc3)S(C)(=O)=O)cc2)CC1. The molecule has 1 aliphatic rings. The zero-order valence-electron chi connectivity index (χ0n) is 19.7. The molecule has 0 saturated carbocycles. The summed E-state index contributed by atoms with van der Waals surface area (Å²) in [6.07, 6.45) is 1.17. The molecule has 35 heavy (non-hydrogen) atoms. The highest BCUT2D eigenvalue weighted by Gasteiger charge is 2.24. The Morgan fingerprint density at radius 3 is 2.17 bits per heavy atom. The number of hydrogen-bond donors (Lipinski definition) is 0. The molecular weight excluding hydrogens is 486 g/mol. The zero-order chi connectivity index (χ0) is 25.0. The second-order valence-electron chi connectivity index (χ2n) is 8.39. The lowest BCUT2D eigenvalue weighted by molar-refractivity contribution is 0.0746. The molecule has 0 spiro atoms. The van der Waals surface area contributed by atoms with Crippen LogP contribution in [0.25, 0.3) is 0 Å². The van der Waals surface area contributed by atoms with Crippen molar-refractivity contribution in [3.05, 3.63) is 88.9 Å². The summed E-state index contributed by atoms with van der Waals surface area (Å²) in [5.74, 6) is 0.747. The second-order valence-corrected chi connectivity index (χ2v) is 10.7. The van der Waals surface area contributed by atoms with Crippen molar-refractivity contribution < 1.29 is 17.9 Å². The van der Waals surface area contributed by atoms with E-state index in [1.54, 1.807) is 55.6 Å². The van der Waals surface area contributed by atoms with Crippen LogP contribution in [0.5, 0.6) is 5.75 Å². The van der Waals surface area contributed by atoms with Crippen molar-refractivity contribution in [2.45, 2.75) is 6.54 Å². The molecule has 1 amide bonds. The number of amides is 1. The lowest BCUT2D eigenvalue weighted by Gasteiger charge is -2.36. The van der Waals surface area contributed by atoms with Crippen LogP contribution in [-0.2, 0) is 16.6 Å². The molecule has 0 aromatic heterocycles. The van der Waals surface area contributed by atoms with Crippen LogP contribution in [0.15, 0.2) is 72.8 Å². The highest BCUT2D eigenvalue weighted by molar-refractivity contribution is 7.92. The minimum Gasteiger partial charge on any atom is -0.495 e. The normalized spacial score (nSPS) is 14.0. The van der Waals surface area contributed by atoms with Gasteiger partial charge in [0, 0.05) is 36.8 Å². The fourth-order valence-electron chi connectivity index (χ4n) is 4.15. The Kier molecular flexibility index (Phi) is 7.52. The van der Waals surface area contributed by atoms with E-state index in [2.05, 4.69) is 4.90 Å². The summed E-state index contributed by atoms with van der Waals surface area (Å²) in [5.41, 5.74) is 2.86. The maximum Gasteiger partial charge on any atom is 0.253 e. The van der Waals surface area contributed by atoms with Crippen molar-refractivity contribution in [1.29, 1.82) is 0 Å². The van der Waals surface area contributed by atoms with Gasteiger partial charge in [-0.05, 0) is 54.1 Å². The summed E-state index contributed by atoms with van der Waals surface area (Å²) >= 11 is 5.94. The van der Waals surface area contributed by atoms with Crippen molar-refractivity contribution in [1.82, 2.24) is 4.90 Å². The molecule has 0 N–H and O–H groups in total. The van der Waals surface area contributed by atoms with E-state index in [4.69, 9.17) is 16.3 Å². The number of sulfonamides is 1. The molecule has 1 heterocycles. The molecule has 3 aromatic rings. The Hall–Kier alpha value is -3.23. The quantitative estimate of drug-likeness (QED) is 0.471. The predicted molar refractivity (Wildman–Crippen MR) is 140 cm³/mol. The fraction of sp³-hybridized carbons (Fsp3) is 0.269. The fourth-order valence-corrected chi connectivity index (χ4v) is 5.16. The van der Waals surface area contributed by atoms with E-state index in [0.29, 0.717) is 42.5 Å². The van der Waals surface area contributed by atoms with E-state index in [1.807, 2.05) is 29.2 Å². The Morgan fingerprint density at radius 1 is 0.943 bits per heavy atom. The standard InChI is InChI=1S/C26H28ClN3O4S/c1-34-25-6-4-3-5-24(25)28-15-17-29(18-16-28)26(31)21-9-13-23(14-10-21)30(35(2,32)33)19-20-7-11-22(27)12-8-20/h3-14H,15-19H2,1-2H3. The lowest BCUT2D eigenvalue weighted by atomic mass is 10.1. The molecule has 9 heteroatoms. The lowest BCUT2D eigenvalue weighted by Crippen LogP contribution is -2.48. The van der Waals surface area contributed by atoms with Crippen LogP contribution in [0.2, 0.25) is 5.02 Å². The monoisotopic (exact) mass is 513 g/mol. The molecule has 0 bridgehead atoms. The molecule has 4 rings (SSSR count). The number of ether oxygens (including phenoxy) is 1. The Bertz CT molecular complexity index is 1270. The van der Waals surface area contributed by atoms with Gasteiger partial charge in [-0.1, -0.05) is 35.9 Å². The number of para-hydroxylation sites is 2. The average molecular weight is 514 g/mol. The molecule has 184 valence electrons. The van der Waals surface area contributed by atoms with Gasteiger partial charge < -0.3 is 14.5 Å². The summed E-state index contributed by atoms with van der Waals surface area (Å²) < 4.78 is 31.7. The van der Waals surface area contributed by atoms with Crippen molar-refractivity contribution in [2.75, 3.05) is 48.7 Å². The van der Waals surface area contributed by atoms with Crippen LogP contribution in [0.4, 0.5) is 11.4 Å². The van der Waals surface area contributed by atoms with E-state index in [1.165, 1.54) is 10.6 Å². The summed E-state index contributed by atoms with van der Waals surface area (Å²) in [6.45, 7) is 2.75. The van der Waals surface area contributed by atoms with Crippen LogP contribution in [0, 0.1) is 0 Å². The van der Waals surface area contributed by atoms with E-state index < -0.39 is 10.0 Å². The number of nitrogens with zero attached hydrogens (tertiary/aromatic N) is 3. The van der Waals surface area contributed by atoms with Gasteiger partial charge in [-0.2, -0.15) is 0 Å². The van der Waals surface area contributed by atoms with Crippen molar-refractivity contribution in [3.8, 4) is 5.75 Å². The van der Waals surface area contributed by atoms with Gasteiger partial charge in [-0.15, -0.1) is 0 Å². The maximum atomic E-state index is 13.1. The third kappa shape index (κ3) is 5.89. The minimum absolute atomic E-state index is 0.0696. The number of hydrogen-bond acceptors (Lipinski definition) is 5. The van der Waals surface area contributed by atoms with Crippen LogP contribution in [-0.4, -0.2) is 58.8 Å². The predicted octanol–water partition coefficient (Wildman–Crippen LogP) is 4.28. The molecule has 0 unspecified atom stereocenters. The van der Waals surface area contributed by atoms with E-state index in [0.717, 1.165) is 17.0 Å². The first-order valence-corrected chi connectivity index (χ1v) is 13.5. The molecule has 1 aliphatic heterocycles. The molecule has 3 aromatic carbocycles. The highest BCUT2D eigenvalue weighted by atomic mass is 35.5. The van der Waals surface area contributed by atoms with Crippen molar-refractivity contribution >= 4 is 38.9 Å². The van der Waals surface area contributed by atoms with Crippen LogP contribution in [0.3, 0.4) is 0 Å². The zero-order valence-corrected chi connectivity index (χ0v) is 21.3. The van der Waals surface area contributed by atoms with Crippen molar-refractivity contribution in [3.63, 3.8) is 0 Å². The first kappa shape index (κ1) is 24.9. The molecular formula is C26H28ClN3O4S. The van der Waals surface area contributed by atoms with Crippen molar-refractivity contribution in [2.24, 2.45) is 0 Å². The van der Waals surface area contributed by atoms with Crippen LogP contribution >= 0.6 is 11.6 Å². The summed E-state index contributed by atoms with van der Waals surface area (Å²) in [4.78, 5) is 17.1. The van der Waals surface area contributed by atoms with Crippen LogP contribution in [0.1, 0.15) is 15.9 Å². The Labute approximate surface area is 211 Å². The number of benzene rings is 3. The largest absolute Gasteiger partial charge is 0.495 e. The van der Waals surface area contributed by atoms with Gasteiger partial charge in [-0.3, -0.25) is 9.10 Å². The first-order valence-electron chi connectivity index (χ1n) is 11.3. The number of carbonyl (C=O) groups is 1. The number of halogens is 1. The number of carbonyl (C=O) groups excluding carboxylic acids is 1. The summed E-state index contributed by atoms with van der Waals surface area (Å²) in [7, 11) is -1.87. The minimum atomic E-state index is -3.53. The molecule has 0 atom stereocenters. The highest BCUT2D eigenvalue weighted by Crippen LogP contribution is 2.29. The smallest absolute Gasteiger partial charge is 0.253 e. The van der Waals surface area contributed by atoms with Gasteiger partial charge in [0.05, 0.1) is 31.3 Å². The molecule has 7 nitrogen and oxygen atoms in total. The van der Waals surface area contributed by atoms with E-state index in [9.17, 15) is 13.2 Å². The van der Waals surface area contributed by atoms with Gasteiger partial charge >= 0.3 is 0 Å². The molecule has 0 aliphatic carbocycles. The summed E-state index contributed by atoms with van der Waals surface area (Å²) in [6, 6.07) is 21.6. The van der Waals surface area contributed by atoms with Gasteiger partial charge in [0.2, 0.25) is 10.0 Å². The van der Waals surface area contributed by atoms with Crippen LogP contribution < -0.4 is 13.9 Å². The second kappa shape index (κ2) is 10.6. The first-order chi connectivity index (χ1) is 16.8. The topological polar surface area (TPSA) is 70.2 Å². The Morgan fingerprint density at radius 2 is 1.57 bits per heavy atom. The number of methoxy groups -OCH3 is 1. The van der Waals surface area contributed by atoms with E-state index >= 15 is 0 Å². The average Bonchev–Trinajstić information content (AvgIpc) is 2.87. The van der Waals surface area contributed by atoms with Gasteiger partial charge in [0.15, 0.2) is 0 Å². The van der Waals surface area contributed by atoms with Gasteiger partial charge in [-0.25, -0.2) is 8.42 Å². The molecule has 1 saturated heterocycles. The number of rotatable bonds is 7. The van der Waals surface area contributed by atoms with Gasteiger partial charge in [0.1, 0.15) is 5.75 Å². The number of anilines is 2.